The Morgan fingerprint density at radius 3 is 3.22 bits per heavy atom. The maximum atomic E-state index is 5.30. The van der Waals surface area contributed by atoms with Crippen molar-refractivity contribution in [2.45, 2.75) is 19.6 Å². The molecule has 0 aromatic heterocycles. The van der Waals surface area contributed by atoms with Crippen LogP contribution < -0.4 is 5.73 Å². The Morgan fingerprint density at radius 2 is 2.78 bits per heavy atom. The quantitative estimate of drug-likeness (QED) is 0.574. The molecule has 0 fully saturated rings. The first-order valence-electron chi connectivity index (χ1n) is 2.92. The summed E-state index contributed by atoms with van der Waals surface area (Å²) in [7, 11) is 0. The monoisotopic (exact) mass is 130 g/mol. The summed E-state index contributed by atoms with van der Waals surface area (Å²) >= 11 is 0. The van der Waals surface area contributed by atoms with Crippen LogP contribution in [-0.2, 0) is 9.57 Å². The van der Waals surface area contributed by atoms with E-state index >= 15 is 0 Å². The van der Waals surface area contributed by atoms with Crippen molar-refractivity contribution in [1.82, 2.24) is 0 Å². The van der Waals surface area contributed by atoms with Crippen LogP contribution in [-0.4, -0.2) is 18.7 Å². The summed E-state index contributed by atoms with van der Waals surface area (Å²) in [6.45, 7) is 2.53. The van der Waals surface area contributed by atoms with Crippen LogP contribution in [0.25, 0.3) is 0 Å². The molecule has 0 spiro atoms. The van der Waals surface area contributed by atoms with Crippen LogP contribution in [0, 0.1) is 0 Å². The van der Waals surface area contributed by atoms with Gasteiger partial charge in [0.25, 0.3) is 0 Å². The molecule has 4 heteroatoms. The van der Waals surface area contributed by atoms with Crippen LogP contribution in [0.3, 0.4) is 0 Å². The lowest BCUT2D eigenvalue weighted by Crippen LogP contribution is -2.16. The maximum absolute atomic E-state index is 5.30. The number of hydrogen-bond donors (Lipinski definition) is 1. The fourth-order valence-corrected chi connectivity index (χ4v) is 0.647. The third-order valence-electron chi connectivity index (χ3n) is 1.02. The van der Waals surface area contributed by atoms with Crippen LogP contribution in [0.1, 0.15) is 13.3 Å². The predicted molar refractivity (Wildman–Crippen MR) is 32.7 cm³/mol. The van der Waals surface area contributed by atoms with Gasteiger partial charge in [-0.15, -0.1) is 0 Å². The van der Waals surface area contributed by atoms with Crippen LogP contribution in [0.5, 0.6) is 0 Å². The Morgan fingerprint density at radius 1 is 2.00 bits per heavy atom. The summed E-state index contributed by atoms with van der Waals surface area (Å²) in [6, 6.07) is 0. The van der Waals surface area contributed by atoms with Gasteiger partial charge >= 0.3 is 0 Å². The highest BCUT2D eigenvalue weighted by molar-refractivity contribution is 5.80. The summed E-state index contributed by atoms with van der Waals surface area (Å²) in [5.41, 5.74) is 5.30. The van der Waals surface area contributed by atoms with Crippen molar-refractivity contribution in [2.24, 2.45) is 10.9 Å². The van der Waals surface area contributed by atoms with E-state index in [1.165, 1.54) is 0 Å². The van der Waals surface area contributed by atoms with Gasteiger partial charge in [0.1, 0.15) is 5.84 Å². The minimum Gasteiger partial charge on any atom is -0.384 e. The van der Waals surface area contributed by atoms with Crippen LogP contribution >= 0.6 is 0 Å². The van der Waals surface area contributed by atoms with Crippen LogP contribution in [0.15, 0.2) is 5.16 Å². The zero-order valence-corrected chi connectivity index (χ0v) is 5.33. The zero-order chi connectivity index (χ0) is 6.69. The van der Waals surface area contributed by atoms with Crippen molar-refractivity contribution in [3.8, 4) is 0 Å². The fourth-order valence-electron chi connectivity index (χ4n) is 0.647. The number of amidine groups is 1. The van der Waals surface area contributed by atoms with E-state index in [2.05, 4.69) is 5.16 Å². The number of rotatable bonds is 2. The second-order valence-electron chi connectivity index (χ2n) is 1.78. The summed E-state index contributed by atoms with van der Waals surface area (Å²) < 4.78 is 5.06. The van der Waals surface area contributed by atoms with Gasteiger partial charge in [-0.2, -0.15) is 0 Å². The van der Waals surface area contributed by atoms with Gasteiger partial charge in [-0.1, -0.05) is 5.16 Å². The smallest absolute Gasteiger partial charge is 0.234 e. The normalized spacial score (nSPS) is 25.4. The lowest BCUT2D eigenvalue weighted by atomic mass is 10.4. The Kier molecular flexibility index (Phi) is 1.89. The van der Waals surface area contributed by atoms with E-state index in [-0.39, 0.29) is 6.29 Å². The fraction of sp³-hybridized carbons (Fsp3) is 0.800. The van der Waals surface area contributed by atoms with E-state index in [0.717, 1.165) is 0 Å². The van der Waals surface area contributed by atoms with Gasteiger partial charge in [0, 0.05) is 6.61 Å². The lowest BCUT2D eigenvalue weighted by molar-refractivity contribution is -0.120. The molecule has 2 N–H and O–H groups in total. The van der Waals surface area contributed by atoms with Crippen molar-refractivity contribution in [2.75, 3.05) is 6.61 Å². The molecule has 0 saturated heterocycles. The van der Waals surface area contributed by atoms with E-state index in [9.17, 15) is 0 Å². The van der Waals surface area contributed by atoms with E-state index in [1.807, 2.05) is 6.92 Å². The highest BCUT2D eigenvalue weighted by Gasteiger charge is 2.17. The minimum atomic E-state index is -0.241. The summed E-state index contributed by atoms with van der Waals surface area (Å²) in [6.07, 6.45) is 0.350. The van der Waals surface area contributed by atoms with Crippen LogP contribution in [0.4, 0.5) is 0 Å². The SMILES string of the molecule is CCOC1CC(N)=NO1. The van der Waals surface area contributed by atoms with E-state index < -0.39 is 0 Å². The third kappa shape index (κ3) is 1.57. The summed E-state index contributed by atoms with van der Waals surface area (Å²) in [4.78, 5) is 4.75. The first-order valence-corrected chi connectivity index (χ1v) is 2.92. The van der Waals surface area contributed by atoms with Crippen molar-refractivity contribution < 1.29 is 9.57 Å². The average molecular weight is 130 g/mol. The molecule has 1 aliphatic rings. The van der Waals surface area contributed by atoms with E-state index in [4.69, 9.17) is 15.3 Å². The first kappa shape index (κ1) is 6.35. The molecule has 1 aliphatic heterocycles. The summed E-state index contributed by atoms with van der Waals surface area (Å²) in [5, 5.41) is 3.51. The highest BCUT2D eigenvalue weighted by atomic mass is 16.8. The Labute approximate surface area is 53.6 Å². The number of oxime groups is 1. The van der Waals surface area contributed by atoms with Crippen LogP contribution in [0.2, 0.25) is 0 Å². The molecule has 1 heterocycles. The molecule has 4 nitrogen and oxygen atoms in total. The largest absolute Gasteiger partial charge is 0.384 e. The van der Waals surface area contributed by atoms with Gasteiger partial charge in [0.15, 0.2) is 0 Å². The standard InChI is InChI=1S/C5H10N2O2/c1-2-8-5-3-4(6)7-9-5/h5H,2-3H2,1H3,(H2,6,7). The Balaban J connectivity index is 2.21. The van der Waals surface area contributed by atoms with Crippen molar-refractivity contribution in [1.29, 1.82) is 0 Å². The van der Waals surface area contributed by atoms with Gasteiger partial charge in [-0.3, -0.25) is 0 Å². The highest BCUT2D eigenvalue weighted by Crippen LogP contribution is 2.07. The first-order chi connectivity index (χ1) is 4.33. The molecule has 0 radical (unpaired) electrons. The number of nitrogens with zero attached hydrogens (tertiary/aromatic N) is 1. The van der Waals surface area contributed by atoms with Gasteiger partial charge < -0.3 is 15.3 Å². The molecule has 0 aliphatic carbocycles. The molecule has 1 atom stereocenters. The third-order valence-corrected chi connectivity index (χ3v) is 1.02. The van der Waals surface area contributed by atoms with Gasteiger partial charge in [0.05, 0.1) is 6.42 Å². The van der Waals surface area contributed by atoms with E-state index in [0.29, 0.717) is 18.9 Å². The number of ether oxygens (including phenoxy) is 1. The molecule has 1 unspecified atom stereocenters. The Bertz CT molecular complexity index is 124. The lowest BCUT2D eigenvalue weighted by Gasteiger charge is -2.05. The van der Waals surface area contributed by atoms with Crippen molar-refractivity contribution in [3.05, 3.63) is 0 Å². The van der Waals surface area contributed by atoms with Gasteiger partial charge in [-0.25, -0.2) is 0 Å². The molecule has 0 aromatic rings. The second kappa shape index (κ2) is 2.68. The topological polar surface area (TPSA) is 56.8 Å². The molecular weight excluding hydrogens is 120 g/mol. The number of hydrogen-bond acceptors (Lipinski definition) is 4. The molecule has 1 rings (SSSR count). The summed E-state index contributed by atoms with van der Waals surface area (Å²) in [5.74, 6) is 0.508. The van der Waals surface area contributed by atoms with E-state index in [1.54, 1.807) is 0 Å². The second-order valence-corrected chi connectivity index (χ2v) is 1.78. The number of nitrogens with two attached hydrogens (primary N) is 1. The average Bonchev–Trinajstić information content (AvgIpc) is 2.17. The molecular formula is C5H10N2O2. The zero-order valence-electron chi connectivity index (χ0n) is 5.33. The molecule has 0 amide bonds. The molecule has 9 heavy (non-hydrogen) atoms. The minimum absolute atomic E-state index is 0.241. The molecule has 0 aromatic carbocycles. The van der Waals surface area contributed by atoms with Gasteiger partial charge in [0.2, 0.25) is 6.29 Å². The Hall–Kier alpha value is -0.770. The molecule has 0 bridgehead atoms. The molecule has 0 saturated carbocycles. The van der Waals surface area contributed by atoms with Crippen molar-refractivity contribution in [3.63, 3.8) is 0 Å². The predicted octanol–water partition coefficient (Wildman–Crippen LogP) is 0.0415. The molecule has 52 valence electrons. The van der Waals surface area contributed by atoms with Crippen molar-refractivity contribution >= 4 is 5.84 Å². The maximum Gasteiger partial charge on any atom is 0.234 e. The van der Waals surface area contributed by atoms with Gasteiger partial charge in [-0.05, 0) is 6.92 Å².